The Hall–Kier alpha value is -1.76. The molecule has 0 aliphatic carbocycles. The number of ether oxygens (including phenoxy) is 1. The molecule has 0 saturated carbocycles. The van der Waals surface area contributed by atoms with Gasteiger partial charge in [0, 0.05) is 32.3 Å². The van der Waals surface area contributed by atoms with Gasteiger partial charge in [0.2, 0.25) is 0 Å². The van der Waals surface area contributed by atoms with Crippen LogP contribution in [0.25, 0.3) is 11.5 Å². The van der Waals surface area contributed by atoms with Crippen LogP contribution >= 0.6 is 0 Å². The number of aromatic nitrogens is 2. The molecular weight excluding hydrogens is 268 g/mol. The summed E-state index contributed by atoms with van der Waals surface area (Å²) in [6.45, 7) is 3.44. The summed E-state index contributed by atoms with van der Waals surface area (Å²) in [5.41, 5.74) is 2.05. The topological polar surface area (TPSA) is 63.4 Å². The van der Waals surface area contributed by atoms with Gasteiger partial charge in [0.25, 0.3) is 5.89 Å². The molecule has 21 heavy (non-hydrogen) atoms. The van der Waals surface area contributed by atoms with E-state index in [9.17, 15) is 0 Å². The van der Waals surface area contributed by atoms with Gasteiger partial charge in [-0.25, -0.2) is 0 Å². The fourth-order valence-corrected chi connectivity index (χ4v) is 2.49. The third-order valence-corrected chi connectivity index (χ3v) is 3.76. The predicted octanol–water partition coefficient (Wildman–Crippen LogP) is 1.46. The first-order chi connectivity index (χ1) is 10.3. The van der Waals surface area contributed by atoms with E-state index in [0.29, 0.717) is 12.5 Å². The first-order valence-electron chi connectivity index (χ1n) is 7.11. The van der Waals surface area contributed by atoms with Crippen molar-refractivity contribution < 1.29 is 9.26 Å². The van der Waals surface area contributed by atoms with Crippen LogP contribution < -0.4 is 5.32 Å². The molecule has 3 rings (SSSR count). The third kappa shape index (κ3) is 3.12. The molecule has 1 aliphatic heterocycles. The molecule has 112 valence electrons. The maximum Gasteiger partial charge on any atom is 0.257 e. The molecule has 1 aromatic heterocycles. The van der Waals surface area contributed by atoms with Gasteiger partial charge in [0.05, 0.1) is 12.6 Å². The monoisotopic (exact) mass is 288 g/mol. The fourth-order valence-electron chi connectivity index (χ4n) is 2.49. The Kier molecular flexibility index (Phi) is 4.28. The van der Waals surface area contributed by atoms with E-state index < -0.39 is 0 Å². The average molecular weight is 288 g/mol. The number of likely N-dealkylation sites (N-methyl/N-ethyl adjacent to an activating group) is 1. The predicted molar refractivity (Wildman–Crippen MR) is 78.7 cm³/mol. The van der Waals surface area contributed by atoms with Gasteiger partial charge in [-0.3, -0.25) is 4.90 Å². The van der Waals surface area contributed by atoms with Gasteiger partial charge in [-0.05, 0) is 24.7 Å². The molecule has 6 nitrogen and oxygen atoms in total. The van der Waals surface area contributed by atoms with E-state index in [1.54, 1.807) is 7.11 Å². The fraction of sp³-hybridized carbons (Fsp3) is 0.467. The standard InChI is InChI=1S/C15H20N4O2/c1-19-8-7-16-9-13(19)14-17-15(21-18-14)12-5-3-11(4-6-12)10-20-2/h3-6,13,16H,7-10H2,1-2H3. The zero-order valence-corrected chi connectivity index (χ0v) is 12.4. The Labute approximate surface area is 124 Å². The normalized spacial score (nSPS) is 19.8. The Morgan fingerprint density at radius 1 is 1.38 bits per heavy atom. The SMILES string of the molecule is COCc1ccc(-c2nc(C3CNCCN3C)no2)cc1. The molecule has 1 N–H and O–H groups in total. The van der Waals surface area contributed by atoms with Gasteiger partial charge >= 0.3 is 0 Å². The lowest BCUT2D eigenvalue weighted by Crippen LogP contribution is -2.44. The van der Waals surface area contributed by atoms with Gasteiger partial charge in [-0.2, -0.15) is 4.98 Å². The summed E-state index contributed by atoms with van der Waals surface area (Å²) in [5, 5.41) is 7.49. The van der Waals surface area contributed by atoms with E-state index in [2.05, 4.69) is 27.4 Å². The zero-order valence-electron chi connectivity index (χ0n) is 12.4. The van der Waals surface area contributed by atoms with E-state index >= 15 is 0 Å². The van der Waals surface area contributed by atoms with Crippen molar-refractivity contribution in [3.05, 3.63) is 35.7 Å². The van der Waals surface area contributed by atoms with Crippen LogP contribution in [-0.4, -0.2) is 48.8 Å². The number of piperazine rings is 1. The van der Waals surface area contributed by atoms with Crippen molar-refractivity contribution >= 4 is 0 Å². The molecule has 1 aromatic carbocycles. The Morgan fingerprint density at radius 2 is 2.19 bits per heavy atom. The summed E-state index contributed by atoms with van der Waals surface area (Å²) in [5.74, 6) is 1.30. The number of nitrogens with one attached hydrogen (secondary N) is 1. The maximum atomic E-state index is 5.41. The molecule has 0 amide bonds. The number of nitrogens with zero attached hydrogens (tertiary/aromatic N) is 3. The highest BCUT2D eigenvalue weighted by Crippen LogP contribution is 2.23. The van der Waals surface area contributed by atoms with Gasteiger partial charge in [0.1, 0.15) is 0 Å². The van der Waals surface area contributed by atoms with Gasteiger partial charge in [-0.1, -0.05) is 17.3 Å². The molecule has 1 saturated heterocycles. The molecule has 0 spiro atoms. The highest BCUT2D eigenvalue weighted by Gasteiger charge is 2.25. The molecular formula is C15H20N4O2. The molecule has 0 bridgehead atoms. The van der Waals surface area contributed by atoms with Crippen LogP contribution in [-0.2, 0) is 11.3 Å². The number of hydrogen-bond acceptors (Lipinski definition) is 6. The molecule has 0 radical (unpaired) electrons. The summed E-state index contributed by atoms with van der Waals surface area (Å²) >= 11 is 0. The number of hydrogen-bond donors (Lipinski definition) is 1. The second-order valence-corrected chi connectivity index (χ2v) is 5.29. The van der Waals surface area contributed by atoms with Crippen LogP contribution in [0.2, 0.25) is 0 Å². The number of methoxy groups -OCH3 is 1. The van der Waals surface area contributed by atoms with Crippen molar-refractivity contribution in [2.45, 2.75) is 12.6 Å². The Balaban J connectivity index is 1.77. The van der Waals surface area contributed by atoms with Crippen molar-refractivity contribution in [2.75, 3.05) is 33.8 Å². The first kappa shape index (κ1) is 14.2. The van der Waals surface area contributed by atoms with Crippen LogP contribution in [0.4, 0.5) is 0 Å². The Morgan fingerprint density at radius 3 is 2.90 bits per heavy atom. The van der Waals surface area contributed by atoms with Gasteiger partial charge in [-0.15, -0.1) is 0 Å². The van der Waals surface area contributed by atoms with Crippen molar-refractivity contribution in [3.8, 4) is 11.5 Å². The lowest BCUT2D eigenvalue weighted by molar-refractivity contribution is 0.185. The first-order valence-corrected chi connectivity index (χ1v) is 7.11. The lowest BCUT2D eigenvalue weighted by Gasteiger charge is -2.30. The smallest absolute Gasteiger partial charge is 0.257 e. The molecule has 1 unspecified atom stereocenters. The van der Waals surface area contributed by atoms with Crippen molar-refractivity contribution in [2.24, 2.45) is 0 Å². The lowest BCUT2D eigenvalue weighted by atomic mass is 10.1. The molecule has 6 heteroatoms. The quantitative estimate of drug-likeness (QED) is 0.919. The van der Waals surface area contributed by atoms with Crippen LogP contribution in [0.1, 0.15) is 17.4 Å². The average Bonchev–Trinajstić information content (AvgIpc) is 2.98. The van der Waals surface area contributed by atoms with Gasteiger partial charge in [0.15, 0.2) is 5.82 Å². The van der Waals surface area contributed by atoms with E-state index in [4.69, 9.17) is 9.26 Å². The van der Waals surface area contributed by atoms with Crippen LogP contribution in [0.5, 0.6) is 0 Å². The summed E-state index contributed by atoms with van der Waals surface area (Å²) in [4.78, 5) is 6.78. The van der Waals surface area contributed by atoms with E-state index in [-0.39, 0.29) is 6.04 Å². The van der Waals surface area contributed by atoms with Crippen molar-refractivity contribution in [3.63, 3.8) is 0 Å². The Bertz CT molecular complexity index is 582. The number of rotatable bonds is 4. The third-order valence-electron chi connectivity index (χ3n) is 3.76. The van der Waals surface area contributed by atoms with E-state index in [1.165, 1.54) is 0 Å². The van der Waals surface area contributed by atoms with E-state index in [0.717, 1.165) is 36.6 Å². The molecule has 1 fully saturated rings. The van der Waals surface area contributed by atoms with Crippen LogP contribution in [0.3, 0.4) is 0 Å². The van der Waals surface area contributed by atoms with Crippen molar-refractivity contribution in [1.29, 1.82) is 0 Å². The maximum absolute atomic E-state index is 5.41. The highest BCUT2D eigenvalue weighted by molar-refractivity contribution is 5.53. The van der Waals surface area contributed by atoms with E-state index in [1.807, 2.05) is 24.3 Å². The number of benzene rings is 1. The van der Waals surface area contributed by atoms with Crippen LogP contribution in [0.15, 0.2) is 28.8 Å². The highest BCUT2D eigenvalue weighted by atomic mass is 16.5. The minimum absolute atomic E-state index is 0.170. The summed E-state index contributed by atoms with van der Waals surface area (Å²) in [7, 11) is 3.77. The summed E-state index contributed by atoms with van der Waals surface area (Å²) in [6, 6.07) is 8.15. The minimum atomic E-state index is 0.170. The molecule has 1 aliphatic rings. The molecule has 2 aromatic rings. The second-order valence-electron chi connectivity index (χ2n) is 5.29. The summed E-state index contributed by atoms with van der Waals surface area (Å²) < 4.78 is 10.5. The molecule has 2 heterocycles. The second kappa shape index (κ2) is 6.34. The minimum Gasteiger partial charge on any atom is -0.380 e. The van der Waals surface area contributed by atoms with Gasteiger partial charge < -0.3 is 14.6 Å². The molecule has 1 atom stereocenters. The van der Waals surface area contributed by atoms with Crippen molar-refractivity contribution in [1.82, 2.24) is 20.4 Å². The largest absolute Gasteiger partial charge is 0.380 e. The van der Waals surface area contributed by atoms with Crippen LogP contribution in [0, 0.1) is 0 Å². The zero-order chi connectivity index (χ0) is 14.7. The summed E-state index contributed by atoms with van der Waals surface area (Å²) in [6.07, 6.45) is 0.